The topological polar surface area (TPSA) is 26.3 Å². The number of ether oxygens (including phenoxy) is 1. The fraction of sp³-hybridized carbons (Fsp3) is 0.471. The SMILES string of the molecule is COc1ccc2c(c1)CCC1(CC3=CCC1C3)C2=O. The number of allylic oxidation sites excluding steroid dienone is 2. The second-order valence-corrected chi connectivity index (χ2v) is 6.18. The van der Waals surface area contributed by atoms with Crippen LogP contribution < -0.4 is 4.74 Å². The van der Waals surface area contributed by atoms with Crippen LogP contribution in [0.25, 0.3) is 0 Å². The highest BCUT2D eigenvalue weighted by Gasteiger charge is 2.53. The van der Waals surface area contributed by atoms with Crippen LogP contribution in [0.3, 0.4) is 0 Å². The smallest absolute Gasteiger partial charge is 0.169 e. The van der Waals surface area contributed by atoms with Crippen molar-refractivity contribution in [2.45, 2.75) is 32.1 Å². The summed E-state index contributed by atoms with van der Waals surface area (Å²) >= 11 is 0. The van der Waals surface area contributed by atoms with Gasteiger partial charge in [0.2, 0.25) is 0 Å². The molecule has 0 aromatic heterocycles. The van der Waals surface area contributed by atoms with Gasteiger partial charge in [0, 0.05) is 11.0 Å². The maximum Gasteiger partial charge on any atom is 0.169 e. The van der Waals surface area contributed by atoms with Gasteiger partial charge in [0.1, 0.15) is 5.75 Å². The van der Waals surface area contributed by atoms with E-state index in [1.165, 1.54) is 11.1 Å². The monoisotopic (exact) mass is 254 g/mol. The summed E-state index contributed by atoms with van der Waals surface area (Å²) in [6.07, 6.45) is 7.69. The molecule has 0 radical (unpaired) electrons. The standard InChI is InChI=1S/C17H18O2/c1-19-14-4-5-15-12(9-14)6-7-17(16(15)18)10-11-2-3-13(17)8-11/h2,4-5,9,13H,3,6-8,10H2,1H3. The summed E-state index contributed by atoms with van der Waals surface area (Å²) in [7, 11) is 1.68. The number of methoxy groups -OCH3 is 1. The number of rotatable bonds is 1. The largest absolute Gasteiger partial charge is 0.497 e. The van der Waals surface area contributed by atoms with Crippen molar-refractivity contribution >= 4 is 5.78 Å². The van der Waals surface area contributed by atoms with Crippen LogP contribution in [0.4, 0.5) is 0 Å². The predicted molar refractivity (Wildman–Crippen MR) is 73.5 cm³/mol. The molecule has 19 heavy (non-hydrogen) atoms. The molecule has 0 N–H and O–H groups in total. The summed E-state index contributed by atoms with van der Waals surface area (Å²) in [5.74, 6) is 1.83. The number of fused-ring (bicyclic) bond motifs is 4. The first kappa shape index (κ1) is 11.3. The Bertz CT molecular complexity index is 599. The van der Waals surface area contributed by atoms with Gasteiger partial charge in [-0.15, -0.1) is 0 Å². The summed E-state index contributed by atoms with van der Waals surface area (Å²) in [6, 6.07) is 5.92. The molecule has 2 heteroatoms. The Morgan fingerprint density at radius 3 is 2.95 bits per heavy atom. The number of benzene rings is 1. The highest BCUT2D eigenvalue weighted by molar-refractivity contribution is 6.03. The Hall–Kier alpha value is -1.57. The molecule has 4 rings (SSSR count). The molecule has 2 unspecified atom stereocenters. The number of aryl methyl sites for hydroxylation is 1. The second kappa shape index (κ2) is 3.72. The zero-order valence-electron chi connectivity index (χ0n) is 11.2. The van der Waals surface area contributed by atoms with Gasteiger partial charge >= 0.3 is 0 Å². The van der Waals surface area contributed by atoms with Crippen LogP contribution in [0.2, 0.25) is 0 Å². The fourth-order valence-corrected chi connectivity index (χ4v) is 4.33. The molecule has 0 heterocycles. The van der Waals surface area contributed by atoms with Crippen molar-refractivity contribution < 1.29 is 9.53 Å². The molecular formula is C17H18O2. The molecule has 1 fully saturated rings. The quantitative estimate of drug-likeness (QED) is 0.716. The maximum absolute atomic E-state index is 13.0. The average Bonchev–Trinajstić information content (AvgIpc) is 3.04. The van der Waals surface area contributed by atoms with E-state index in [4.69, 9.17) is 4.74 Å². The van der Waals surface area contributed by atoms with Crippen LogP contribution in [0, 0.1) is 11.3 Å². The molecule has 0 aliphatic heterocycles. The number of hydrogen-bond acceptors (Lipinski definition) is 2. The Labute approximate surface area is 113 Å². The van der Waals surface area contributed by atoms with E-state index >= 15 is 0 Å². The molecule has 2 bridgehead atoms. The highest BCUT2D eigenvalue weighted by Crippen LogP contribution is 2.58. The van der Waals surface area contributed by atoms with E-state index in [0.29, 0.717) is 11.7 Å². The lowest BCUT2D eigenvalue weighted by Gasteiger charge is -2.38. The number of carbonyl (C=O) groups excluding carboxylic acids is 1. The first-order chi connectivity index (χ1) is 9.23. The van der Waals surface area contributed by atoms with Gasteiger partial charge in [-0.3, -0.25) is 4.79 Å². The Kier molecular flexibility index (Phi) is 2.21. The van der Waals surface area contributed by atoms with Crippen molar-refractivity contribution in [3.63, 3.8) is 0 Å². The number of Topliss-reactive ketones (excluding diaryl/α,β-unsaturated/α-hetero) is 1. The molecule has 1 saturated carbocycles. The first-order valence-corrected chi connectivity index (χ1v) is 7.12. The summed E-state index contributed by atoms with van der Waals surface area (Å²) in [6.45, 7) is 0. The second-order valence-electron chi connectivity index (χ2n) is 6.18. The molecular weight excluding hydrogens is 236 g/mol. The van der Waals surface area contributed by atoms with E-state index in [1.807, 2.05) is 18.2 Å². The van der Waals surface area contributed by atoms with Crippen molar-refractivity contribution in [2.24, 2.45) is 11.3 Å². The third-order valence-electron chi connectivity index (χ3n) is 5.37. The van der Waals surface area contributed by atoms with Gasteiger partial charge in [0.25, 0.3) is 0 Å². The van der Waals surface area contributed by atoms with Crippen molar-refractivity contribution in [3.8, 4) is 5.75 Å². The first-order valence-electron chi connectivity index (χ1n) is 7.12. The molecule has 98 valence electrons. The van der Waals surface area contributed by atoms with Crippen molar-refractivity contribution in [2.75, 3.05) is 7.11 Å². The van der Waals surface area contributed by atoms with Crippen molar-refractivity contribution in [3.05, 3.63) is 41.0 Å². The summed E-state index contributed by atoms with van der Waals surface area (Å²) in [5, 5.41) is 0. The molecule has 0 amide bonds. The lowest BCUT2D eigenvalue weighted by Crippen LogP contribution is -2.39. The van der Waals surface area contributed by atoms with Gasteiger partial charge in [0.05, 0.1) is 7.11 Å². The Morgan fingerprint density at radius 1 is 1.37 bits per heavy atom. The minimum Gasteiger partial charge on any atom is -0.497 e. The van der Waals surface area contributed by atoms with E-state index in [-0.39, 0.29) is 5.41 Å². The van der Waals surface area contributed by atoms with E-state index in [0.717, 1.165) is 43.4 Å². The molecule has 1 aromatic rings. The molecule has 2 nitrogen and oxygen atoms in total. The van der Waals surface area contributed by atoms with Gasteiger partial charge < -0.3 is 4.74 Å². The summed E-state index contributed by atoms with van der Waals surface area (Å²) in [4.78, 5) is 13.0. The zero-order valence-corrected chi connectivity index (χ0v) is 11.2. The van der Waals surface area contributed by atoms with Crippen LogP contribution in [0.15, 0.2) is 29.8 Å². The molecule has 1 aromatic carbocycles. The van der Waals surface area contributed by atoms with E-state index in [2.05, 4.69) is 6.08 Å². The normalized spacial score (nSPS) is 31.5. The lowest BCUT2D eigenvalue weighted by molar-refractivity contribution is 0.0670. The van der Waals surface area contributed by atoms with E-state index in [1.54, 1.807) is 7.11 Å². The van der Waals surface area contributed by atoms with Gasteiger partial charge in [-0.05, 0) is 61.8 Å². The van der Waals surface area contributed by atoms with Gasteiger partial charge in [-0.2, -0.15) is 0 Å². The maximum atomic E-state index is 13.0. The highest BCUT2D eigenvalue weighted by atomic mass is 16.5. The van der Waals surface area contributed by atoms with E-state index in [9.17, 15) is 4.79 Å². The van der Waals surface area contributed by atoms with Crippen LogP contribution in [0.1, 0.15) is 41.6 Å². The van der Waals surface area contributed by atoms with Gasteiger partial charge in [-0.25, -0.2) is 0 Å². The molecule has 0 saturated heterocycles. The number of carbonyl (C=O) groups is 1. The van der Waals surface area contributed by atoms with Crippen molar-refractivity contribution in [1.29, 1.82) is 0 Å². The average molecular weight is 254 g/mol. The van der Waals surface area contributed by atoms with E-state index < -0.39 is 0 Å². The van der Waals surface area contributed by atoms with Crippen LogP contribution in [-0.2, 0) is 6.42 Å². The molecule has 3 aliphatic carbocycles. The number of hydrogen-bond donors (Lipinski definition) is 0. The van der Waals surface area contributed by atoms with Gasteiger partial charge in [0.15, 0.2) is 5.78 Å². The summed E-state index contributed by atoms with van der Waals surface area (Å²) in [5.41, 5.74) is 3.58. The predicted octanol–water partition coefficient (Wildman–Crippen LogP) is 3.55. The third kappa shape index (κ3) is 1.40. The Balaban J connectivity index is 1.77. The van der Waals surface area contributed by atoms with Gasteiger partial charge in [-0.1, -0.05) is 11.6 Å². The van der Waals surface area contributed by atoms with Crippen LogP contribution in [0.5, 0.6) is 5.75 Å². The van der Waals surface area contributed by atoms with Crippen LogP contribution in [-0.4, -0.2) is 12.9 Å². The van der Waals surface area contributed by atoms with Crippen molar-refractivity contribution in [1.82, 2.24) is 0 Å². The minimum absolute atomic E-state index is 0.0638. The molecule has 3 aliphatic rings. The Morgan fingerprint density at radius 2 is 2.26 bits per heavy atom. The number of ketones is 1. The zero-order chi connectivity index (χ0) is 13.0. The molecule has 1 spiro atoms. The summed E-state index contributed by atoms with van der Waals surface area (Å²) < 4.78 is 5.26. The van der Waals surface area contributed by atoms with Crippen LogP contribution >= 0.6 is 0 Å². The fourth-order valence-electron chi connectivity index (χ4n) is 4.33. The molecule has 2 atom stereocenters. The lowest BCUT2D eigenvalue weighted by atomic mass is 9.63. The third-order valence-corrected chi connectivity index (χ3v) is 5.37. The minimum atomic E-state index is -0.0638.